The Hall–Kier alpha value is -2.26. The number of hydrogen-bond acceptors (Lipinski definition) is 2. The summed E-state index contributed by atoms with van der Waals surface area (Å²) in [5.41, 5.74) is 4.06. The fourth-order valence-electron chi connectivity index (χ4n) is 2.81. The lowest BCUT2D eigenvalue weighted by atomic mass is 10.0. The Balaban J connectivity index is 2.05. The van der Waals surface area contributed by atoms with E-state index in [-0.39, 0.29) is 5.97 Å². The van der Waals surface area contributed by atoms with Gasteiger partial charge in [0.2, 0.25) is 0 Å². The molecule has 0 radical (unpaired) electrons. The molecule has 0 unspecified atom stereocenters. The van der Waals surface area contributed by atoms with E-state index in [9.17, 15) is 4.79 Å². The zero-order valence-corrected chi connectivity index (χ0v) is 13.7. The van der Waals surface area contributed by atoms with E-state index in [1.807, 2.05) is 49.4 Å². The number of carbonyl (C=O) groups is 1. The van der Waals surface area contributed by atoms with Crippen LogP contribution in [0, 0.1) is 0 Å². The van der Waals surface area contributed by atoms with Gasteiger partial charge in [0.05, 0.1) is 12.3 Å². The number of para-hydroxylation sites is 1. The molecule has 0 spiro atoms. The van der Waals surface area contributed by atoms with Gasteiger partial charge in [-0.25, -0.2) is 0 Å². The minimum atomic E-state index is -0.178. The first-order valence-electron chi connectivity index (χ1n) is 7.70. The Labute approximate surface area is 140 Å². The molecule has 0 aliphatic rings. The summed E-state index contributed by atoms with van der Waals surface area (Å²) in [5.74, 6) is -0.178. The van der Waals surface area contributed by atoms with Crippen molar-refractivity contribution in [1.82, 2.24) is 4.98 Å². The topological polar surface area (TPSA) is 42.1 Å². The molecule has 3 rings (SSSR count). The summed E-state index contributed by atoms with van der Waals surface area (Å²) in [4.78, 5) is 15.2. The summed E-state index contributed by atoms with van der Waals surface area (Å²) < 4.78 is 5.05. The second kappa shape index (κ2) is 6.88. The fraction of sp³-hybridized carbons (Fsp3) is 0.211. The van der Waals surface area contributed by atoms with Crippen molar-refractivity contribution in [2.75, 3.05) is 6.61 Å². The van der Waals surface area contributed by atoms with Crippen molar-refractivity contribution >= 4 is 28.5 Å². The zero-order chi connectivity index (χ0) is 16.2. The number of ether oxygens (including phenoxy) is 1. The number of aromatic amines is 1. The molecule has 0 aliphatic heterocycles. The molecule has 1 aromatic heterocycles. The highest BCUT2D eigenvalue weighted by molar-refractivity contribution is 6.33. The standard InChI is InChI=1S/C19H18ClNO2/c1-2-23-18(22)12-11-14-13-7-4-6-10-17(13)21-19(14)15-8-3-5-9-16(15)20/h3-10,21H,2,11-12H2,1H3. The van der Waals surface area contributed by atoms with Crippen LogP contribution in [0.25, 0.3) is 22.2 Å². The Morgan fingerprint density at radius 1 is 1.13 bits per heavy atom. The van der Waals surface area contributed by atoms with E-state index in [1.54, 1.807) is 0 Å². The molecule has 4 heteroatoms. The van der Waals surface area contributed by atoms with Gasteiger partial charge in [0.1, 0.15) is 0 Å². The number of nitrogens with one attached hydrogen (secondary N) is 1. The molecular formula is C19H18ClNO2. The molecule has 2 aromatic carbocycles. The first-order valence-corrected chi connectivity index (χ1v) is 8.08. The average Bonchev–Trinajstić information content (AvgIpc) is 2.92. The molecule has 0 saturated carbocycles. The van der Waals surface area contributed by atoms with E-state index in [0.29, 0.717) is 24.5 Å². The number of fused-ring (bicyclic) bond motifs is 1. The smallest absolute Gasteiger partial charge is 0.306 e. The summed E-state index contributed by atoms with van der Waals surface area (Å²) >= 11 is 6.36. The van der Waals surface area contributed by atoms with Crippen molar-refractivity contribution in [3.63, 3.8) is 0 Å². The monoisotopic (exact) mass is 327 g/mol. The van der Waals surface area contributed by atoms with Crippen molar-refractivity contribution in [3.05, 3.63) is 59.1 Å². The molecule has 0 amide bonds. The largest absolute Gasteiger partial charge is 0.466 e. The van der Waals surface area contributed by atoms with Gasteiger partial charge in [-0.15, -0.1) is 0 Å². The number of carbonyl (C=O) groups excluding carboxylic acids is 1. The van der Waals surface area contributed by atoms with Gasteiger partial charge < -0.3 is 9.72 Å². The Morgan fingerprint density at radius 3 is 2.65 bits per heavy atom. The van der Waals surface area contributed by atoms with Gasteiger partial charge in [0, 0.05) is 27.9 Å². The van der Waals surface area contributed by atoms with Gasteiger partial charge in [0.25, 0.3) is 0 Å². The Bertz CT molecular complexity index is 838. The number of benzene rings is 2. The van der Waals surface area contributed by atoms with Gasteiger partial charge in [-0.2, -0.15) is 0 Å². The summed E-state index contributed by atoms with van der Waals surface area (Å²) in [5, 5.41) is 1.81. The van der Waals surface area contributed by atoms with E-state index >= 15 is 0 Å². The minimum absolute atomic E-state index is 0.178. The van der Waals surface area contributed by atoms with Gasteiger partial charge >= 0.3 is 5.97 Å². The predicted molar refractivity (Wildman–Crippen MR) is 93.7 cm³/mol. The molecule has 0 aliphatic carbocycles. The SMILES string of the molecule is CCOC(=O)CCc1c(-c2ccccc2Cl)[nH]c2ccccc12. The molecule has 1 heterocycles. The van der Waals surface area contributed by atoms with E-state index in [4.69, 9.17) is 16.3 Å². The highest BCUT2D eigenvalue weighted by Gasteiger charge is 2.16. The zero-order valence-electron chi connectivity index (χ0n) is 12.9. The van der Waals surface area contributed by atoms with Crippen molar-refractivity contribution in [2.45, 2.75) is 19.8 Å². The Morgan fingerprint density at radius 2 is 1.87 bits per heavy atom. The maximum Gasteiger partial charge on any atom is 0.306 e. The molecule has 1 N–H and O–H groups in total. The lowest BCUT2D eigenvalue weighted by Gasteiger charge is -2.07. The lowest BCUT2D eigenvalue weighted by molar-refractivity contribution is -0.143. The maximum absolute atomic E-state index is 11.7. The first kappa shape index (κ1) is 15.6. The normalized spacial score (nSPS) is 10.9. The molecule has 3 nitrogen and oxygen atoms in total. The number of H-pyrrole nitrogens is 1. The highest BCUT2D eigenvalue weighted by Crippen LogP contribution is 2.34. The third kappa shape index (κ3) is 3.25. The summed E-state index contributed by atoms with van der Waals surface area (Å²) in [7, 11) is 0. The van der Waals surface area contributed by atoms with Gasteiger partial charge in [-0.1, -0.05) is 48.0 Å². The van der Waals surface area contributed by atoms with E-state index in [2.05, 4.69) is 11.1 Å². The third-order valence-corrected chi connectivity index (χ3v) is 4.17. The maximum atomic E-state index is 11.7. The number of aryl methyl sites for hydroxylation is 1. The summed E-state index contributed by atoms with van der Waals surface area (Å²) in [6.45, 7) is 2.23. The van der Waals surface area contributed by atoms with Crippen molar-refractivity contribution in [1.29, 1.82) is 0 Å². The highest BCUT2D eigenvalue weighted by atomic mass is 35.5. The molecule has 118 valence electrons. The van der Waals surface area contributed by atoms with Crippen LogP contribution >= 0.6 is 11.6 Å². The molecule has 3 aromatic rings. The van der Waals surface area contributed by atoms with Gasteiger partial charge in [0.15, 0.2) is 0 Å². The number of rotatable bonds is 5. The van der Waals surface area contributed by atoms with Crippen LogP contribution in [0.5, 0.6) is 0 Å². The molecular weight excluding hydrogens is 310 g/mol. The van der Waals surface area contributed by atoms with Crippen LogP contribution < -0.4 is 0 Å². The number of aromatic nitrogens is 1. The summed E-state index contributed by atoms with van der Waals surface area (Å²) in [6.07, 6.45) is 0.969. The van der Waals surface area contributed by atoms with Crippen LogP contribution in [0.2, 0.25) is 5.02 Å². The van der Waals surface area contributed by atoms with Crippen LogP contribution in [0.15, 0.2) is 48.5 Å². The lowest BCUT2D eigenvalue weighted by Crippen LogP contribution is -2.05. The van der Waals surface area contributed by atoms with E-state index in [1.165, 1.54) is 0 Å². The van der Waals surface area contributed by atoms with Crippen molar-refractivity contribution < 1.29 is 9.53 Å². The predicted octanol–water partition coefficient (Wildman–Crippen LogP) is 4.98. The van der Waals surface area contributed by atoms with Gasteiger partial charge in [-0.3, -0.25) is 4.79 Å². The minimum Gasteiger partial charge on any atom is -0.466 e. The third-order valence-electron chi connectivity index (χ3n) is 3.84. The fourth-order valence-corrected chi connectivity index (χ4v) is 3.04. The summed E-state index contributed by atoms with van der Waals surface area (Å²) in [6, 6.07) is 15.8. The molecule has 0 bridgehead atoms. The van der Waals surface area contributed by atoms with Crippen LogP contribution in [-0.2, 0) is 16.0 Å². The second-order valence-electron chi connectivity index (χ2n) is 5.31. The quantitative estimate of drug-likeness (QED) is 0.671. The number of halogens is 1. The molecule has 0 saturated heterocycles. The molecule has 0 atom stereocenters. The second-order valence-corrected chi connectivity index (χ2v) is 5.72. The average molecular weight is 328 g/mol. The number of hydrogen-bond donors (Lipinski definition) is 1. The first-order chi connectivity index (χ1) is 11.2. The van der Waals surface area contributed by atoms with E-state index < -0.39 is 0 Å². The van der Waals surface area contributed by atoms with Crippen molar-refractivity contribution in [2.24, 2.45) is 0 Å². The Kier molecular flexibility index (Phi) is 4.68. The van der Waals surface area contributed by atoms with Crippen LogP contribution in [0.3, 0.4) is 0 Å². The number of esters is 1. The van der Waals surface area contributed by atoms with Gasteiger partial charge in [-0.05, 0) is 31.0 Å². The van der Waals surface area contributed by atoms with Crippen molar-refractivity contribution in [3.8, 4) is 11.3 Å². The van der Waals surface area contributed by atoms with Crippen LogP contribution in [0.1, 0.15) is 18.9 Å². The van der Waals surface area contributed by atoms with Crippen LogP contribution in [-0.4, -0.2) is 17.6 Å². The van der Waals surface area contributed by atoms with E-state index in [0.717, 1.165) is 27.7 Å². The van der Waals surface area contributed by atoms with Crippen LogP contribution in [0.4, 0.5) is 0 Å². The molecule has 23 heavy (non-hydrogen) atoms. The molecule has 0 fully saturated rings.